The number of anilines is 4. The Bertz CT molecular complexity index is 1390. The summed E-state index contributed by atoms with van der Waals surface area (Å²) < 4.78 is 0. The van der Waals surface area contributed by atoms with Crippen LogP contribution in [0.2, 0.25) is 0 Å². The zero-order chi connectivity index (χ0) is 26.2. The minimum atomic E-state index is -0.560. The standard InChI is InChI=1S/C26H24N8O3/c1-28-24(35)18-12-21(33-25(36)31-19-6-2-16(15-27)3-7-19)14-22(13-18)34-26(37)32-20-8-4-17(5-9-20)23-29-10-11-30-23/h2-9,12-14H,10-11H2,1H3,(H,28,35)(H,29,30)(H2,31,33,36)(H2,32,34,37). The van der Waals surface area contributed by atoms with Crippen LogP contribution >= 0.6 is 0 Å². The van der Waals surface area contributed by atoms with Crippen molar-refractivity contribution in [2.45, 2.75) is 0 Å². The normalized spacial score (nSPS) is 11.8. The molecule has 1 aliphatic rings. The lowest BCUT2D eigenvalue weighted by molar-refractivity contribution is 0.0963. The fourth-order valence-electron chi connectivity index (χ4n) is 3.57. The van der Waals surface area contributed by atoms with Crippen LogP contribution in [0.4, 0.5) is 32.3 Å². The minimum Gasteiger partial charge on any atom is -0.368 e. The van der Waals surface area contributed by atoms with Crippen LogP contribution in [0.15, 0.2) is 71.7 Å². The average Bonchev–Trinajstić information content (AvgIpc) is 3.44. The maximum Gasteiger partial charge on any atom is 0.323 e. The van der Waals surface area contributed by atoms with E-state index in [0.29, 0.717) is 22.6 Å². The van der Waals surface area contributed by atoms with Crippen LogP contribution in [-0.2, 0) is 0 Å². The molecular weight excluding hydrogens is 472 g/mol. The fraction of sp³-hybridized carbons (Fsp3) is 0.115. The van der Waals surface area contributed by atoms with Gasteiger partial charge in [0.25, 0.3) is 5.91 Å². The number of amidine groups is 1. The molecule has 0 spiro atoms. The molecule has 1 aliphatic heterocycles. The molecular formula is C26H24N8O3. The van der Waals surface area contributed by atoms with Crippen LogP contribution in [0, 0.1) is 11.3 Å². The molecule has 5 amide bonds. The van der Waals surface area contributed by atoms with Crippen molar-refractivity contribution in [1.82, 2.24) is 10.6 Å². The summed E-state index contributed by atoms with van der Waals surface area (Å²) >= 11 is 0. The molecule has 186 valence electrons. The van der Waals surface area contributed by atoms with Crippen LogP contribution < -0.4 is 31.9 Å². The third-order valence-corrected chi connectivity index (χ3v) is 5.30. The van der Waals surface area contributed by atoms with Crippen LogP contribution in [0.25, 0.3) is 0 Å². The smallest absolute Gasteiger partial charge is 0.323 e. The number of carbonyl (C=O) groups is 3. The van der Waals surface area contributed by atoms with E-state index in [1.165, 1.54) is 25.2 Å². The zero-order valence-corrected chi connectivity index (χ0v) is 19.9. The molecule has 0 fully saturated rings. The van der Waals surface area contributed by atoms with Crippen LogP contribution in [0.3, 0.4) is 0 Å². The number of hydrogen-bond donors (Lipinski definition) is 6. The third kappa shape index (κ3) is 6.61. The molecule has 0 atom stereocenters. The van der Waals surface area contributed by atoms with E-state index in [1.807, 2.05) is 18.2 Å². The second kappa shape index (κ2) is 11.4. The molecule has 0 saturated carbocycles. The number of hydrogen-bond acceptors (Lipinski definition) is 6. The first-order chi connectivity index (χ1) is 17.9. The van der Waals surface area contributed by atoms with E-state index >= 15 is 0 Å². The van der Waals surface area contributed by atoms with E-state index in [9.17, 15) is 14.4 Å². The molecule has 3 aromatic rings. The molecule has 0 aromatic heterocycles. The SMILES string of the molecule is CNC(=O)c1cc(NC(=O)Nc2ccc(C#N)cc2)cc(NC(=O)Nc2ccc(C3=NCCN3)cc2)c1. The molecule has 0 unspecified atom stereocenters. The van der Waals surface area contributed by atoms with Crippen molar-refractivity contribution < 1.29 is 14.4 Å². The van der Waals surface area contributed by atoms with E-state index < -0.39 is 18.0 Å². The highest BCUT2D eigenvalue weighted by molar-refractivity contribution is 6.05. The number of benzene rings is 3. The molecule has 11 heteroatoms. The van der Waals surface area contributed by atoms with Gasteiger partial charge in [0.05, 0.1) is 18.2 Å². The first-order valence-electron chi connectivity index (χ1n) is 11.4. The highest BCUT2D eigenvalue weighted by Gasteiger charge is 2.13. The predicted molar refractivity (Wildman–Crippen MR) is 142 cm³/mol. The van der Waals surface area contributed by atoms with Gasteiger partial charge < -0.3 is 31.9 Å². The van der Waals surface area contributed by atoms with Crippen LogP contribution in [0.1, 0.15) is 21.5 Å². The predicted octanol–water partition coefficient (Wildman–Crippen LogP) is 3.56. The molecule has 3 aromatic carbocycles. The summed E-state index contributed by atoms with van der Waals surface area (Å²) in [6.45, 7) is 1.54. The lowest BCUT2D eigenvalue weighted by Crippen LogP contribution is -2.23. The van der Waals surface area contributed by atoms with Crippen molar-refractivity contribution >= 4 is 46.6 Å². The maximum absolute atomic E-state index is 12.6. The second-order valence-corrected chi connectivity index (χ2v) is 7.96. The van der Waals surface area contributed by atoms with E-state index in [1.54, 1.807) is 36.4 Å². The largest absolute Gasteiger partial charge is 0.368 e. The topological polar surface area (TPSA) is 160 Å². The summed E-state index contributed by atoms with van der Waals surface area (Å²) in [5, 5.41) is 25.3. The first kappa shape index (κ1) is 24.7. The molecule has 4 rings (SSSR count). The van der Waals surface area contributed by atoms with E-state index in [2.05, 4.69) is 36.9 Å². The van der Waals surface area contributed by atoms with Crippen LogP contribution in [0.5, 0.6) is 0 Å². The number of urea groups is 2. The molecule has 0 radical (unpaired) electrons. The van der Waals surface area contributed by atoms with Gasteiger partial charge in [-0.05, 0) is 66.7 Å². The number of nitrogens with one attached hydrogen (secondary N) is 6. The minimum absolute atomic E-state index is 0.239. The zero-order valence-electron chi connectivity index (χ0n) is 19.9. The van der Waals surface area contributed by atoms with Gasteiger partial charge in [0, 0.05) is 47.5 Å². The Morgan fingerprint density at radius 3 is 1.84 bits per heavy atom. The van der Waals surface area contributed by atoms with Crippen molar-refractivity contribution in [2.24, 2.45) is 4.99 Å². The lowest BCUT2D eigenvalue weighted by Gasteiger charge is -2.13. The highest BCUT2D eigenvalue weighted by Crippen LogP contribution is 2.21. The van der Waals surface area contributed by atoms with Gasteiger partial charge in [-0.1, -0.05) is 0 Å². The first-order valence-corrected chi connectivity index (χ1v) is 11.4. The molecule has 37 heavy (non-hydrogen) atoms. The van der Waals surface area contributed by atoms with Gasteiger partial charge in [-0.2, -0.15) is 5.26 Å². The molecule has 0 aliphatic carbocycles. The van der Waals surface area contributed by atoms with Gasteiger partial charge in [-0.15, -0.1) is 0 Å². The van der Waals surface area contributed by atoms with E-state index in [4.69, 9.17) is 5.26 Å². The third-order valence-electron chi connectivity index (χ3n) is 5.30. The Hall–Kier alpha value is -5.37. The Morgan fingerprint density at radius 1 is 0.811 bits per heavy atom. The summed E-state index contributed by atoms with van der Waals surface area (Å²) in [6.07, 6.45) is 0. The summed E-state index contributed by atoms with van der Waals surface area (Å²) in [5.74, 6) is 0.434. The van der Waals surface area contributed by atoms with Gasteiger partial charge >= 0.3 is 12.1 Å². The monoisotopic (exact) mass is 496 g/mol. The van der Waals surface area contributed by atoms with Crippen molar-refractivity contribution in [3.8, 4) is 6.07 Å². The van der Waals surface area contributed by atoms with E-state index in [0.717, 1.165) is 24.5 Å². The Kier molecular flexibility index (Phi) is 7.60. The quantitative estimate of drug-likeness (QED) is 0.307. The van der Waals surface area contributed by atoms with Gasteiger partial charge in [-0.3, -0.25) is 9.79 Å². The lowest BCUT2D eigenvalue weighted by atomic mass is 10.1. The molecule has 1 heterocycles. The maximum atomic E-state index is 12.6. The fourth-order valence-corrected chi connectivity index (χ4v) is 3.57. The van der Waals surface area contributed by atoms with Crippen molar-refractivity contribution in [2.75, 3.05) is 41.4 Å². The number of carbonyl (C=O) groups excluding carboxylic acids is 3. The van der Waals surface area contributed by atoms with Crippen molar-refractivity contribution in [1.29, 1.82) is 5.26 Å². The van der Waals surface area contributed by atoms with E-state index in [-0.39, 0.29) is 11.3 Å². The summed E-state index contributed by atoms with van der Waals surface area (Å²) in [6, 6.07) is 19.0. The van der Waals surface area contributed by atoms with Gasteiger partial charge in [0.15, 0.2) is 0 Å². The number of aliphatic imine (C=N–C) groups is 1. The average molecular weight is 497 g/mol. The van der Waals surface area contributed by atoms with Crippen molar-refractivity contribution in [3.63, 3.8) is 0 Å². The van der Waals surface area contributed by atoms with Gasteiger partial charge in [-0.25, -0.2) is 9.59 Å². The summed E-state index contributed by atoms with van der Waals surface area (Å²) in [4.78, 5) is 41.7. The Morgan fingerprint density at radius 2 is 1.35 bits per heavy atom. The number of amides is 5. The molecule has 0 saturated heterocycles. The molecule has 0 bridgehead atoms. The summed E-state index contributed by atoms with van der Waals surface area (Å²) in [7, 11) is 1.48. The van der Waals surface area contributed by atoms with Gasteiger partial charge in [0.1, 0.15) is 5.84 Å². The summed E-state index contributed by atoms with van der Waals surface area (Å²) in [5.41, 5.74) is 3.28. The van der Waals surface area contributed by atoms with Crippen molar-refractivity contribution in [3.05, 3.63) is 83.4 Å². The van der Waals surface area contributed by atoms with Crippen LogP contribution in [-0.4, -0.2) is 43.9 Å². The number of rotatable bonds is 6. The Labute approximate surface area is 213 Å². The highest BCUT2D eigenvalue weighted by atomic mass is 16.2. The molecule has 6 N–H and O–H groups in total. The Balaban J connectivity index is 1.43. The number of nitriles is 1. The molecule has 11 nitrogen and oxygen atoms in total. The van der Waals surface area contributed by atoms with Gasteiger partial charge in [0.2, 0.25) is 0 Å². The number of nitrogens with zero attached hydrogens (tertiary/aromatic N) is 2. The second-order valence-electron chi connectivity index (χ2n) is 7.96.